The average Bonchev–Trinajstić information content (AvgIpc) is 3.49. The predicted molar refractivity (Wildman–Crippen MR) is 121 cm³/mol. The van der Waals surface area contributed by atoms with Crippen LogP contribution < -0.4 is 10.6 Å². The van der Waals surface area contributed by atoms with E-state index in [1.807, 2.05) is 48.5 Å². The first-order valence-electron chi connectivity index (χ1n) is 9.77. The highest BCUT2D eigenvalue weighted by molar-refractivity contribution is 7.10. The number of aromatic nitrogens is 1. The molecule has 1 saturated carbocycles. The number of anilines is 1. The molecule has 154 valence electrons. The molecule has 0 bridgehead atoms. The number of urea groups is 1. The van der Waals surface area contributed by atoms with Crippen molar-refractivity contribution in [3.63, 3.8) is 0 Å². The van der Waals surface area contributed by atoms with Crippen molar-refractivity contribution in [3.8, 4) is 23.5 Å². The number of nitrogens with one attached hydrogen (secondary N) is 2. The number of amides is 2. The SMILES string of the molecule is [C-]#[N+]C1(c2ccccc2-c2ccc([C@H](CO)NC(=O)Nc3csc(C#C)n3)cc2)CC1. The topological polar surface area (TPSA) is 78.6 Å². The quantitative estimate of drug-likeness (QED) is 0.398. The van der Waals surface area contributed by atoms with Gasteiger partial charge in [0.05, 0.1) is 12.6 Å². The highest BCUT2D eigenvalue weighted by Crippen LogP contribution is 2.52. The van der Waals surface area contributed by atoms with E-state index < -0.39 is 17.6 Å². The number of aliphatic hydroxyl groups excluding tert-OH is 1. The Morgan fingerprint density at radius 2 is 2.03 bits per heavy atom. The monoisotopic (exact) mass is 428 g/mol. The summed E-state index contributed by atoms with van der Waals surface area (Å²) < 4.78 is 0. The van der Waals surface area contributed by atoms with E-state index in [0.717, 1.165) is 35.1 Å². The summed E-state index contributed by atoms with van der Waals surface area (Å²) >= 11 is 1.26. The van der Waals surface area contributed by atoms with Crippen molar-refractivity contribution >= 4 is 23.2 Å². The average molecular weight is 429 g/mol. The molecule has 3 aromatic rings. The van der Waals surface area contributed by atoms with Crippen molar-refractivity contribution in [1.82, 2.24) is 10.3 Å². The molecule has 0 aliphatic heterocycles. The number of carbonyl (C=O) groups is 1. The van der Waals surface area contributed by atoms with Crippen LogP contribution in [-0.2, 0) is 5.54 Å². The van der Waals surface area contributed by atoms with Crippen LogP contribution in [0.3, 0.4) is 0 Å². The Labute approximate surface area is 184 Å². The standard InChI is InChI=1S/C24H20N4O2S/c1-3-22-27-21(15-31-22)28-23(30)26-20(14-29)17-10-8-16(9-11-17)18-6-4-5-7-19(18)24(25-2)12-13-24/h1,4-11,15,20,29H,12-14H2,(H2,26,28,30)/t20-/m0/s1. The second kappa shape index (κ2) is 8.61. The van der Waals surface area contributed by atoms with Gasteiger partial charge < -0.3 is 15.3 Å². The number of thiazole rings is 1. The van der Waals surface area contributed by atoms with Crippen LogP contribution in [0.15, 0.2) is 53.9 Å². The lowest BCUT2D eigenvalue weighted by Gasteiger charge is -2.18. The second-order valence-electron chi connectivity index (χ2n) is 7.33. The molecule has 31 heavy (non-hydrogen) atoms. The summed E-state index contributed by atoms with van der Waals surface area (Å²) in [6.07, 6.45) is 7.07. The fourth-order valence-corrected chi connectivity index (χ4v) is 4.09. The number of nitrogens with zero attached hydrogens (tertiary/aromatic N) is 2. The van der Waals surface area contributed by atoms with Crippen molar-refractivity contribution in [2.45, 2.75) is 24.4 Å². The number of rotatable bonds is 6. The third kappa shape index (κ3) is 4.29. The van der Waals surface area contributed by atoms with Gasteiger partial charge in [-0.3, -0.25) is 5.32 Å². The molecule has 2 aromatic carbocycles. The maximum absolute atomic E-state index is 12.3. The molecule has 0 radical (unpaired) electrons. The first-order valence-corrected chi connectivity index (χ1v) is 10.7. The predicted octanol–water partition coefficient (Wildman–Crippen LogP) is 4.55. The van der Waals surface area contributed by atoms with Gasteiger partial charge in [-0.15, -0.1) is 17.8 Å². The maximum Gasteiger partial charge on any atom is 0.320 e. The van der Waals surface area contributed by atoms with E-state index in [-0.39, 0.29) is 6.61 Å². The van der Waals surface area contributed by atoms with Crippen molar-refractivity contribution < 1.29 is 9.90 Å². The summed E-state index contributed by atoms with van der Waals surface area (Å²) in [6, 6.07) is 14.6. The largest absolute Gasteiger partial charge is 0.394 e. The molecule has 7 heteroatoms. The van der Waals surface area contributed by atoms with E-state index >= 15 is 0 Å². The lowest BCUT2D eigenvalue weighted by molar-refractivity contribution is 0.225. The Kier molecular flexibility index (Phi) is 5.73. The van der Waals surface area contributed by atoms with Crippen molar-refractivity contribution in [2.75, 3.05) is 11.9 Å². The summed E-state index contributed by atoms with van der Waals surface area (Å²) in [7, 11) is 0. The van der Waals surface area contributed by atoms with Crippen molar-refractivity contribution in [1.29, 1.82) is 0 Å². The minimum absolute atomic E-state index is 0.253. The molecule has 1 aliphatic carbocycles. The van der Waals surface area contributed by atoms with Gasteiger partial charge in [0.25, 0.3) is 5.54 Å². The zero-order valence-corrected chi connectivity index (χ0v) is 17.4. The Morgan fingerprint density at radius 1 is 1.29 bits per heavy atom. The molecule has 2 amide bonds. The minimum Gasteiger partial charge on any atom is -0.394 e. The van der Waals surface area contributed by atoms with Gasteiger partial charge in [0.15, 0.2) is 5.01 Å². The number of carbonyl (C=O) groups excluding carboxylic acids is 1. The molecule has 3 N–H and O–H groups in total. The molecule has 0 spiro atoms. The lowest BCUT2D eigenvalue weighted by Crippen LogP contribution is -2.34. The van der Waals surface area contributed by atoms with E-state index in [2.05, 4.69) is 26.4 Å². The summed E-state index contributed by atoms with van der Waals surface area (Å²) in [5, 5.41) is 17.3. The number of aliphatic hydroxyl groups is 1. The highest BCUT2D eigenvalue weighted by Gasteiger charge is 2.53. The van der Waals surface area contributed by atoms with E-state index in [0.29, 0.717) is 10.8 Å². The highest BCUT2D eigenvalue weighted by atomic mass is 32.1. The van der Waals surface area contributed by atoms with Crippen LogP contribution in [0.1, 0.15) is 35.0 Å². The van der Waals surface area contributed by atoms with Gasteiger partial charge in [0.2, 0.25) is 0 Å². The number of hydrogen-bond donors (Lipinski definition) is 3. The molecule has 6 nitrogen and oxygen atoms in total. The molecule has 1 aromatic heterocycles. The van der Waals surface area contributed by atoms with Crippen LogP contribution in [0, 0.1) is 18.9 Å². The molecular weight excluding hydrogens is 408 g/mol. The first kappa shape index (κ1) is 20.6. The van der Waals surface area contributed by atoms with E-state index in [4.69, 9.17) is 13.0 Å². The fraction of sp³-hybridized carbons (Fsp3) is 0.208. The molecular formula is C24H20N4O2S. The Hall–Kier alpha value is -3.65. The van der Waals surface area contributed by atoms with E-state index in [1.54, 1.807) is 5.38 Å². The second-order valence-corrected chi connectivity index (χ2v) is 8.18. The number of hydrogen-bond acceptors (Lipinski definition) is 4. The van der Waals surface area contributed by atoms with Crippen LogP contribution in [0.5, 0.6) is 0 Å². The molecule has 1 aliphatic rings. The third-order valence-corrected chi connectivity index (χ3v) is 6.12. The van der Waals surface area contributed by atoms with Gasteiger partial charge in [0, 0.05) is 23.8 Å². The molecule has 1 atom stereocenters. The van der Waals surface area contributed by atoms with E-state index in [1.165, 1.54) is 11.3 Å². The van der Waals surface area contributed by atoms with Gasteiger partial charge in [-0.2, -0.15) is 0 Å². The Balaban J connectivity index is 1.49. The van der Waals surface area contributed by atoms with Crippen LogP contribution >= 0.6 is 11.3 Å². The van der Waals surface area contributed by atoms with E-state index in [9.17, 15) is 9.90 Å². The maximum atomic E-state index is 12.3. The van der Waals surface area contributed by atoms with Gasteiger partial charge in [0.1, 0.15) is 5.82 Å². The van der Waals surface area contributed by atoms with Crippen molar-refractivity contribution in [2.24, 2.45) is 0 Å². The summed E-state index contributed by atoms with van der Waals surface area (Å²) in [5.74, 6) is 2.79. The normalized spacial score (nSPS) is 14.7. The molecule has 0 unspecified atom stereocenters. The van der Waals surface area contributed by atoms with Crippen LogP contribution in [0.25, 0.3) is 16.0 Å². The fourth-order valence-electron chi connectivity index (χ4n) is 3.54. The van der Waals surface area contributed by atoms with Crippen LogP contribution in [-0.4, -0.2) is 22.7 Å². The number of benzene rings is 2. The number of terminal acetylenes is 1. The van der Waals surface area contributed by atoms with Gasteiger partial charge in [-0.25, -0.2) is 16.4 Å². The van der Waals surface area contributed by atoms with Crippen molar-refractivity contribution in [3.05, 3.63) is 81.5 Å². The summed E-state index contributed by atoms with van der Waals surface area (Å²) in [4.78, 5) is 20.2. The molecule has 1 fully saturated rings. The van der Waals surface area contributed by atoms with Crippen LogP contribution in [0.4, 0.5) is 10.6 Å². The molecule has 1 heterocycles. The lowest BCUT2D eigenvalue weighted by atomic mass is 9.92. The summed E-state index contributed by atoms with van der Waals surface area (Å²) in [5.41, 5.74) is 3.48. The Bertz CT molecular complexity index is 1180. The molecule has 0 saturated heterocycles. The summed E-state index contributed by atoms with van der Waals surface area (Å²) in [6.45, 7) is 7.32. The van der Waals surface area contributed by atoms with Crippen LogP contribution in [0.2, 0.25) is 0 Å². The van der Waals surface area contributed by atoms with Gasteiger partial charge >= 0.3 is 6.03 Å². The smallest absolute Gasteiger partial charge is 0.320 e. The zero-order valence-electron chi connectivity index (χ0n) is 16.6. The van der Waals surface area contributed by atoms with Gasteiger partial charge in [-0.05, 0) is 22.6 Å². The van der Waals surface area contributed by atoms with Gasteiger partial charge in [-0.1, -0.05) is 48.5 Å². The Morgan fingerprint density at radius 3 is 2.65 bits per heavy atom. The molecule has 4 rings (SSSR count). The minimum atomic E-state index is -0.576. The zero-order chi connectivity index (χ0) is 21.8. The third-order valence-electron chi connectivity index (χ3n) is 5.35. The first-order chi connectivity index (χ1) is 15.1.